The molecule has 1 aromatic heterocycles. The molecule has 0 saturated carbocycles. The highest BCUT2D eigenvalue weighted by Crippen LogP contribution is 2.25. The van der Waals surface area contributed by atoms with Crippen LogP contribution in [0.15, 0.2) is 72.3 Å². The highest BCUT2D eigenvalue weighted by atomic mass is 35.5. The van der Waals surface area contributed by atoms with Gasteiger partial charge in [-0.2, -0.15) is 0 Å². The Morgan fingerprint density at radius 2 is 2.10 bits per heavy atom. The van der Waals surface area contributed by atoms with Gasteiger partial charge in [-0.05, 0) is 38.5 Å². The van der Waals surface area contributed by atoms with Crippen LogP contribution in [0.4, 0.5) is 4.39 Å². The van der Waals surface area contributed by atoms with Crippen molar-refractivity contribution in [2.45, 2.75) is 27.2 Å². The number of hydrogen-bond acceptors (Lipinski definition) is 4. The van der Waals surface area contributed by atoms with Crippen LogP contribution < -0.4 is 5.32 Å². The largest absolute Gasteiger partial charge is 0.358 e. The molecule has 0 atom stereocenters. The summed E-state index contributed by atoms with van der Waals surface area (Å²) in [7, 11) is 0. The van der Waals surface area contributed by atoms with E-state index in [1.54, 1.807) is 36.8 Å². The van der Waals surface area contributed by atoms with Gasteiger partial charge in [-0.25, -0.2) is 9.37 Å². The molecule has 0 aliphatic heterocycles. The van der Waals surface area contributed by atoms with Crippen LogP contribution in [-0.2, 0) is 6.42 Å². The van der Waals surface area contributed by atoms with E-state index in [1.807, 2.05) is 26.8 Å². The van der Waals surface area contributed by atoms with Gasteiger partial charge in [0.05, 0.1) is 28.3 Å². The van der Waals surface area contributed by atoms with E-state index in [0.717, 1.165) is 5.69 Å². The molecule has 2 rings (SSSR count). The maximum absolute atomic E-state index is 14.7. The lowest BCUT2D eigenvalue weighted by Gasteiger charge is -2.12. The van der Waals surface area contributed by atoms with Crippen LogP contribution in [0.25, 0.3) is 16.3 Å². The Morgan fingerprint density at radius 3 is 2.72 bits per heavy atom. The van der Waals surface area contributed by atoms with Crippen molar-refractivity contribution in [1.29, 1.82) is 0 Å². The van der Waals surface area contributed by atoms with Crippen LogP contribution in [-0.4, -0.2) is 16.2 Å². The Kier molecular flexibility index (Phi) is 8.04. The van der Waals surface area contributed by atoms with Crippen molar-refractivity contribution in [2.24, 2.45) is 4.99 Å². The fraction of sp³-hybridized carbons (Fsp3) is 0.174. The molecule has 0 radical (unpaired) electrons. The van der Waals surface area contributed by atoms with Gasteiger partial charge in [0.1, 0.15) is 11.5 Å². The summed E-state index contributed by atoms with van der Waals surface area (Å²) < 4.78 is 14.7. The molecule has 2 aromatic rings. The van der Waals surface area contributed by atoms with Gasteiger partial charge >= 0.3 is 0 Å². The number of aryl methyl sites for hydroxylation is 1. The van der Waals surface area contributed by atoms with Crippen LogP contribution in [0.3, 0.4) is 0 Å². The third kappa shape index (κ3) is 5.96. The molecule has 1 heterocycles. The van der Waals surface area contributed by atoms with E-state index >= 15 is 0 Å². The third-order valence-corrected chi connectivity index (χ3v) is 4.49. The van der Waals surface area contributed by atoms with E-state index in [9.17, 15) is 4.39 Å². The summed E-state index contributed by atoms with van der Waals surface area (Å²) in [6.45, 7) is 13.2. The summed E-state index contributed by atoms with van der Waals surface area (Å²) in [4.78, 5) is 12.9. The Balaban J connectivity index is 2.23. The average Bonchev–Trinajstić information content (AvgIpc) is 2.72. The Hall–Kier alpha value is -3.05. The quantitative estimate of drug-likeness (QED) is 0.431. The molecule has 0 unspecified atom stereocenters. The van der Waals surface area contributed by atoms with E-state index in [0.29, 0.717) is 45.4 Å². The predicted molar refractivity (Wildman–Crippen MR) is 120 cm³/mol. The number of aromatic nitrogens is 2. The summed E-state index contributed by atoms with van der Waals surface area (Å²) >= 11 is 6.20. The average molecular weight is 411 g/mol. The molecule has 0 amide bonds. The first kappa shape index (κ1) is 22.2. The molecular formula is C23H24ClFN4. The zero-order chi connectivity index (χ0) is 21.4. The van der Waals surface area contributed by atoms with Crippen molar-refractivity contribution in [2.75, 3.05) is 0 Å². The molecule has 0 bridgehead atoms. The molecule has 0 spiro atoms. The minimum Gasteiger partial charge on any atom is -0.358 e. The van der Waals surface area contributed by atoms with Gasteiger partial charge in [0.2, 0.25) is 0 Å². The summed E-state index contributed by atoms with van der Waals surface area (Å²) in [5.74, 6) is -0.345. The van der Waals surface area contributed by atoms with E-state index in [2.05, 4.69) is 33.4 Å². The maximum atomic E-state index is 14.7. The monoisotopic (exact) mass is 410 g/mol. The molecule has 0 fully saturated rings. The molecule has 29 heavy (non-hydrogen) atoms. The highest BCUT2D eigenvalue weighted by molar-refractivity contribution is 6.48. The molecule has 150 valence electrons. The Labute approximate surface area is 176 Å². The first-order valence-corrected chi connectivity index (χ1v) is 9.47. The SMILES string of the molecule is C=C/C(=C\N=CC)NC(=C)Cc1ccc(-c2cnc(C)c(/C(Cl)=C\C)n2)cc1F. The summed E-state index contributed by atoms with van der Waals surface area (Å²) in [6.07, 6.45) is 8.60. The van der Waals surface area contributed by atoms with Gasteiger partial charge in [0, 0.05) is 30.1 Å². The fourth-order valence-corrected chi connectivity index (χ4v) is 2.75. The fourth-order valence-electron chi connectivity index (χ4n) is 2.57. The standard InChI is InChI=1S/C23H24ClFN4/c1-6-19(13-26-8-3)28-15(4)11-17-9-10-18(12-21(17)25)22-14-27-16(5)23(29-22)20(24)7-2/h6-10,12-14,28H,1,4,11H2,2-3,5H3/b19-13+,20-7+,26-8?. The molecular weight excluding hydrogens is 387 g/mol. The molecule has 0 aliphatic rings. The summed E-state index contributed by atoms with van der Waals surface area (Å²) in [5, 5.41) is 3.59. The van der Waals surface area contributed by atoms with Crippen LogP contribution in [0.1, 0.15) is 30.8 Å². The normalized spacial score (nSPS) is 12.3. The van der Waals surface area contributed by atoms with Gasteiger partial charge < -0.3 is 5.32 Å². The number of nitrogens with zero attached hydrogens (tertiary/aromatic N) is 3. The minimum absolute atomic E-state index is 0.322. The third-order valence-electron chi connectivity index (χ3n) is 4.09. The molecule has 4 nitrogen and oxygen atoms in total. The maximum Gasteiger partial charge on any atom is 0.127 e. The smallest absolute Gasteiger partial charge is 0.127 e. The van der Waals surface area contributed by atoms with Gasteiger partial charge in [-0.3, -0.25) is 9.98 Å². The number of hydrogen-bond donors (Lipinski definition) is 1. The molecule has 1 N–H and O–H groups in total. The number of nitrogens with one attached hydrogen (secondary N) is 1. The lowest BCUT2D eigenvalue weighted by molar-refractivity contribution is 0.612. The van der Waals surface area contributed by atoms with E-state index < -0.39 is 0 Å². The second kappa shape index (κ2) is 10.5. The molecule has 0 aliphatic carbocycles. The van der Waals surface area contributed by atoms with Crippen molar-refractivity contribution in [3.05, 3.63) is 90.1 Å². The van der Waals surface area contributed by atoms with Crippen LogP contribution in [0.2, 0.25) is 0 Å². The van der Waals surface area contributed by atoms with Crippen molar-refractivity contribution in [3.8, 4) is 11.3 Å². The van der Waals surface area contributed by atoms with Crippen molar-refractivity contribution in [1.82, 2.24) is 15.3 Å². The summed E-state index contributed by atoms with van der Waals surface area (Å²) in [5.41, 5.74) is 4.33. The lowest BCUT2D eigenvalue weighted by Crippen LogP contribution is -2.13. The molecule has 0 saturated heterocycles. The van der Waals surface area contributed by atoms with E-state index in [-0.39, 0.29) is 5.82 Å². The van der Waals surface area contributed by atoms with Crippen molar-refractivity contribution < 1.29 is 4.39 Å². The van der Waals surface area contributed by atoms with Gasteiger partial charge in [0.15, 0.2) is 0 Å². The molecule has 6 heteroatoms. The minimum atomic E-state index is -0.345. The Bertz CT molecular complexity index is 1010. The van der Waals surface area contributed by atoms with Crippen molar-refractivity contribution >= 4 is 22.8 Å². The first-order chi connectivity index (χ1) is 13.9. The molecule has 1 aromatic carbocycles. The zero-order valence-corrected chi connectivity index (χ0v) is 17.6. The van der Waals surface area contributed by atoms with E-state index in [1.165, 1.54) is 6.07 Å². The van der Waals surface area contributed by atoms with Crippen molar-refractivity contribution in [3.63, 3.8) is 0 Å². The first-order valence-electron chi connectivity index (χ1n) is 9.09. The summed E-state index contributed by atoms with van der Waals surface area (Å²) in [6, 6.07) is 4.97. The van der Waals surface area contributed by atoms with Crippen LogP contribution in [0, 0.1) is 12.7 Å². The zero-order valence-electron chi connectivity index (χ0n) is 16.8. The number of aliphatic imine (C=N–C) groups is 1. The lowest BCUT2D eigenvalue weighted by atomic mass is 10.0. The number of allylic oxidation sites excluding steroid dienone is 3. The van der Waals surface area contributed by atoms with Crippen LogP contribution in [0.5, 0.6) is 0 Å². The second-order valence-electron chi connectivity index (χ2n) is 6.23. The number of rotatable bonds is 8. The van der Waals surface area contributed by atoms with Gasteiger partial charge in [-0.1, -0.05) is 43.0 Å². The Morgan fingerprint density at radius 1 is 1.34 bits per heavy atom. The number of halogens is 2. The highest BCUT2D eigenvalue weighted by Gasteiger charge is 2.11. The topological polar surface area (TPSA) is 50.2 Å². The van der Waals surface area contributed by atoms with Gasteiger partial charge in [-0.15, -0.1) is 0 Å². The van der Waals surface area contributed by atoms with Gasteiger partial charge in [0.25, 0.3) is 0 Å². The predicted octanol–water partition coefficient (Wildman–Crippen LogP) is 5.95. The number of benzene rings is 1. The van der Waals surface area contributed by atoms with E-state index in [4.69, 9.17) is 11.6 Å². The second-order valence-corrected chi connectivity index (χ2v) is 6.64. The van der Waals surface area contributed by atoms with Crippen LogP contribution >= 0.6 is 11.6 Å².